The van der Waals surface area contributed by atoms with Crippen molar-refractivity contribution >= 4 is 45.7 Å². The van der Waals surface area contributed by atoms with Crippen molar-refractivity contribution in [3.63, 3.8) is 0 Å². The van der Waals surface area contributed by atoms with E-state index < -0.39 is 5.97 Å². The van der Waals surface area contributed by atoms with Crippen LogP contribution in [0.2, 0.25) is 0 Å². The van der Waals surface area contributed by atoms with Crippen LogP contribution in [0.3, 0.4) is 0 Å². The molecular weight excluding hydrogens is 440 g/mol. The molecule has 1 heterocycles. The molecule has 7 heteroatoms. The van der Waals surface area contributed by atoms with E-state index in [9.17, 15) is 9.59 Å². The minimum absolute atomic E-state index is 0.143. The highest BCUT2D eigenvalue weighted by Gasteiger charge is 2.31. The topological polar surface area (TPSA) is 81.4 Å². The number of nitrogens with one attached hydrogen (secondary N) is 1. The van der Waals surface area contributed by atoms with E-state index in [1.165, 1.54) is 35.8 Å². The number of anilines is 2. The second kappa shape index (κ2) is 9.79. The van der Waals surface area contributed by atoms with Gasteiger partial charge in [0.1, 0.15) is 5.00 Å². The predicted molar refractivity (Wildman–Crippen MR) is 132 cm³/mol. The molecule has 0 radical (unpaired) electrons. The molecule has 0 saturated carbocycles. The third kappa shape index (κ3) is 4.84. The van der Waals surface area contributed by atoms with Crippen molar-refractivity contribution in [1.29, 1.82) is 0 Å². The molecular formula is C25H26N2O3S2. The van der Waals surface area contributed by atoms with Crippen LogP contribution in [0, 0.1) is 0 Å². The Morgan fingerprint density at radius 1 is 1.16 bits per heavy atom. The second-order valence-electron chi connectivity index (χ2n) is 7.87. The summed E-state index contributed by atoms with van der Waals surface area (Å²) in [6.07, 6.45) is 2.62. The first-order valence-electron chi connectivity index (χ1n) is 10.6. The second-order valence-corrected chi connectivity index (χ2v) is 10.4. The van der Waals surface area contributed by atoms with E-state index in [0.717, 1.165) is 34.6 Å². The number of benzene rings is 2. The maximum atomic E-state index is 12.9. The van der Waals surface area contributed by atoms with Crippen LogP contribution < -0.4 is 11.1 Å². The maximum Gasteiger partial charge on any atom is 0.341 e. The Labute approximate surface area is 196 Å². The van der Waals surface area contributed by atoms with Gasteiger partial charge in [-0.15, -0.1) is 23.1 Å². The number of hydrogen-bond donors (Lipinski definition) is 2. The average Bonchev–Trinajstić information content (AvgIpc) is 3.17. The van der Waals surface area contributed by atoms with Gasteiger partial charge < -0.3 is 15.8 Å². The molecule has 1 amide bonds. The average molecular weight is 467 g/mol. The number of fused-ring (bicyclic) bond motifs is 1. The highest BCUT2D eigenvalue weighted by Crippen LogP contribution is 2.43. The fourth-order valence-corrected chi connectivity index (χ4v) is 6.21. The van der Waals surface area contributed by atoms with E-state index in [2.05, 4.69) is 29.6 Å². The van der Waals surface area contributed by atoms with Crippen molar-refractivity contribution in [3.05, 3.63) is 76.2 Å². The lowest BCUT2D eigenvalue weighted by Gasteiger charge is -2.22. The molecule has 0 bridgehead atoms. The quantitative estimate of drug-likeness (QED) is 0.284. The summed E-state index contributed by atoms with van der Waals surface area (Å²) in [6, 6.07) is 17.9. The monoisotopic (exact) mass is 466 g/mol. The summed E-state index contributed by atoms with van der Waals surface area (Å²) in [5.74, 6) is -0.124. The Balaban J connectivity index is 1.54. The van der Waals surface area contributed by atoms with Crippen LogP contribution >= 0.6 is 23.1 Å². The summed E-state index contributed by atoms with van der Waals surface area (Å²) in [6.45, 7) is 1.85. The standard InChI is InChI=1S/C25H26N2O3S2/c1-15(31-19-11-9-18(26)10-12-19)23(28)27-24-22(25(29)30-2)20-13-8-17(14-21(20)32-24)16-6-4-3-5-7-16/h3-7,9-12,15,17H,8,13-14,26H2,1-2H3,(H,27,28)/t15-,17+/m1/s1. The van der Waals surface area contributed by atoms with E-state index in [1.807, 2.05) is 37.3 Å². The number of amides is 1. The van der Waals surface area contributed by atoms with Crippen molar-refractivity contribution in [1.82, 2.24) is 0 Å². The number of rotatable bonds is 6. The predicted octanol–water partition coefficient (Wildman–Crippen LogP) is 5.51. The number of nitrogens with two attached hydrogens (primary N) is 1. The highest BCUT2D eigenvalue weighted by molar-refractivity contribution is 8.00. The zero-order valence-corrected chi connectivity index (χ0v) is 19.7. The smallest absolute Gasteiger partial charge is 0.341 e. The molecule has 0 saturated heterocycles. The van der Waals surface area contributed by atoms with Gasteiger partial charge in [-0.05, 0) is 67.5 Å². The van der Waals surface area contributed by atoms with E-state index in [0.29, 0.717) is 22.2 Å². The Morgan fingerprint density at radius 3 is 2.56 bits per heavy atom. The SMILES string of the molecule is COC(=O)c1c(NC(=O)[C@@H](C)Sc2ccc(N)cc2)sc2c1CC[C@H](c1ccccc1)C2. The van der Waals surface area contributed by atoms with Gasteiger partial charge in [0.15, 0.2) is 0 Å². The zero-order valence-electron chi connectivity index (χ0n) is 18.1. The van der Waals surface area contributed by atoms with Crippen LogP contribution in [0.25, 0.3) is 0 Å². The number of methoxy groups -OCH3 is 1. The van der Waals surface area contributed by atoms with Crippen LogP contribution in [0.1, 0.15) is 45.6 Å². The van der Waals surface area contributed by atoms with Crippen molar-refractivity contribution in [2.24, 2.45) is 0 Å². The molecule has 2 aromatic carbocycles. The van der Waals surface area contributed by atoms with Crippen molar-refractivity contribution in [2.75, 3.05) is 18.2 Å². The molecule has 0 spiro atoms. The molecule has 5 nitrogen and oxygen atoms in total. The van der Waals surface area contributed by atoms with Crippen molar-refractivity contribution < 1.29 is 14.3 Å². The molecule has 0 fully saturated rings. The number of thiophene rings is 1. The van der Waals surface area contributed by atoms with Crippen LogP contribution in [-0.4, -0.2) is 24.2 Å². The Morgan fingerprint density at radius 2 is 1.88 bits per heavy atom. The highest BCUT2D eigenvalue weighted by atomic mass is 32.2. The van der Waals surface area contributed by atoms with Gasteiger partial charge in [-0.3, -0.25) is 4.79 Å². The third-order valence-corrected chi connectivity index (χ3v) is 8.01. The Hall–Kier alpha value is -2.77. The van der Waals surface area contributed by atoms with Crippen LogP contribution in [0.4, 0.5) is 10.7 Å². The van der Waals surface area contributed by atoms with Gasteiger partial charge in [-0.2, -0.15) is 0 Å². The summed E-state index contributed by atoms with van der Waals surface area (Å²) in [5, 5.41) is 3.26. The minimum Gasteiger partial charge on any atom is -0.465 e. The first kappa shape index (κ1) is 22.4. The van der Waals surface area contributed by atoms with E-state index in [1.54, 1.807) is 0 Å². The minimum atomic E-state index is -0.394. The molecule has 1 aliphatic carbocycles. The van der Waals surface area contributed by atoms with Gasteiger partial charge in [-0.1, -0.05) is 30.3 Å². The molecule has 1 aliphatic rings. The number of nitrogen functional groups attached to an aromatic ring is 1. The molecule has 0 aliphatic heterocycles. The lowest BCUT2D eigenvalue weighted by atomic mass is 9.83. The Bertz CT molecular complexity index is 1110. The summed E-state index contributed by atoms with van der Waals surface area (Å²) < 4.78 is 5.06. The van der Waals surface area contributed by atoms with Crippen LogP contribution in [0.15, 0.2) is 59.5 Å². The zero-order chi connectivity index (χ0) is 22.7. The molecule has 166 valence electrons. The molecule has 1 aromatic heterocycles. The summed E-state index contributed by atoms with van der Waals surface area (Å²) in [5.41, 5.74) is 9.27. The van der Waals surface area contributed by atoms with Gasteiger partial charge >= 0.3 is 5.97 Å². The summed E-state index contributed by atoms with van der Waals surface area (Å²) >= 11 is 2.95. The number of hydrogen-bond acceptors (Lipinski definition) is 6. The normalized spacial score (nSPS) is 16.1. The molecule has 4 rings (SSSR count). The van der Waals surface area contributed by atoms with Gasteiger partial charge in [0.25, 0.3) is 0 Å². The van der Waals surface area contributed by atoms with Crippen LogP contribution in [0.5, 0.6) is 0 Å². The van der Waals surface area contributed by atoms with E-state index in [-0.39, 0.29) is 11.2 Å². The summed E-state index contributed by atoms with van der Waals surface area (Å²) in [4.78, 5) is 27.7. The maximum absolute atomic E-state index is 12.9. The largest absolute Gasteiger partial charge is 0.465 e. The number of thioether (sulfide) groups is 1. The third-order valence-electron chi connectivity index (χ3n) is 5.72. The molecule has 2 atom stereocenters. The Kier molecular flexibility index (Phi) is 6.86. The van der Waals surface area contributed by atoms with Gasteiger partial charge in [0.05, 0.1) is 17.9 Å². The van der Waals surface area contributed by atoms with Crippen molar-refractivity contribution in [3.8, 4) is 0 Å². The fourth-order valence-electron chi connectivity index (χ4n) is 4.02. The lowest BCUT2D eigenvalue weighted by molar-refractivity contribution is -0.115. The van der Waals surface area contributed by atoms with E-state index in [4.69, 9.17) is 10.5 Å². The first-order valence-corrected chi connectivity index (χ1v) is 12.3. The molecule has 0 unspecified atom stereocenters. The number of carbonyl (C=O) groups excluding carboxylic acids is 2. The number of esters is 1. The first-order chi connectivity index (χ1) is 15.5. The van der Waals surface area contributed by atoms with Gasteiger partial charge in [0.2, 0.25) is 5.91 Å². The van der Waals surface area contributed by atoms with E-state index >= 15 is 0 Å². The molecule has 3 aromatic rings. The summed E-state index contributed by atoms with van der Waals surface area (Å²) in [7, 11) is 1.38. The van der Waals surface area contributed by atoms with Gasteiger partial charge in [0, 0.05) is 15.5 Å². The molecule has 3 N–H and O–H groups in total. The van der Waals surface area contributed by atoms with Crippen LogP contribution in [-0.2, 0) is 22.4 Å². The van der Waals surface area contributed by atoms with Gasteiger partial charge in [-0.25, -0.2) is 4.79 Å². The number of carbonyl (C=O) groups is 2. The fraction of sp³-hybridized carbons (Fsp3) is 0.280. The molecule has 32 heavy (non-hydrogen) atoms. The number of ether oxygens (including phenoxy) is 1. The van der Waals surface area contributed by atoms with Crippen molar-refractivity contribution in [2.45, 2.75) is 42.2 Å². The lowest BCUT2D eigenvalue weighted by Crippen LogP contribution is -2.23.